The van der Waals surface area contributed by atoms with Crippen LogP contribution >= 0.6 is 0 Å². The minimum Gasteiger partial charge on any atom is -0.313 e. The molecule has 3 unspecified atom stereocenters. The molecule has 3 nitrogen and oxygen atoms in total. The summed E-state index contributed by atoms with van der Waals surface area (Å²) in [5, 5.41) is 3.05. The zero-order chi connectivity index (χ0) is 14.2. The maximum Gasteiger partial charge on any atom is 0.151 e. The van der Waals surface area contributed by atoms with E-state index in [0.29, 0.717) is 5.92 Å². The molecule has 0 aromatic rings. The minimum absolute atomic E-state index is 0.0896. The Hall–Kier alpha value is -0.0900. The number of hydrogen-bond donors (Lipinski definition) is 1. The van der Waals surface area contributed by atoms with Gasteiger partial charge in [0, 0.05) is 12.3 Å². The molecule has 0 aliphatic carbocycles. The number of sulfone groups is 1. The summed E-state index contributed by atoms with van der Waals surface area (Å²) in [6.07, 6.45) is 7.12. The van der Waals surface area contributed by atoms with Crippen molar-refractivity contribution >= 4 is 9.84 Å². The topological polar surface area (TPSA) is 46.2 Å². The quantitative estimate of drug-likeness (QED) is 0.667. The molecule has 0 aliphatic rings. The first-order chi connectivity index (χ1) is 8.36. The lowest BCUT2D eigenvalue weighted by atomic mass is 9.91. The van der Waals surface area contributed by atoms with Gasteiger partial charge in [0.25, 0.3) is 0 Å². The minimum atomic E-state index is -2.96. The molecule has 0 amide bonds. The van der Waals surface area contributed by atoms with Crippen LogP contribution in [0.2, 0.25) is 0 Å². The monoisotopic (exact) mass is 277 g/mol. The van der Waals surface area contributed by atoms with Gasteiger partial charge in [0.2, 0.25) is 0 Å². The van der Waals surface area contributed by atoms with Crippen molar-refractivity contribution in [3.63, 3.8) is 0 Å². The van der Waals surface area contributed by atoms with E-state index in [1.54, 1.807) is 0 Å². The Bertz CT molecular complexity index is 301. The maximum absolute atomic E-state index is 11.7. The second kappa shape index (κ2) is 8.92. The third-order valence-electron chi connectivity index (χ3n) is 3.84. The summed E-state index contributed by atoms with van der Waals surface area (Å²) < 4.78 is 23.4. The van der Waals surface area contributed by atoms with E-state index in [1.807, 2.05) is 13.8 Å². The smallest absolute Gasteiger partial charge is 0.151 e. The van der Waals surface area contributed by atoms with Crippen LogP contribution in [0.25, 0.3) is 0 Å². The highest BCUT2D eigenvalue weighted by Gasteiger charge is 2.27. The Kier molecular flexibility index (Phi) is 8.87. The molecule has 3 atom stereocenters. The van der Waals surface area contributed by atoms with Crippen molar-refractivity contribution in [2.45, 2.75) is 71.1 Å². The van der Waals surface area contributed by atoms with E-state index >= 15 is 0 Å². The molecule has 0 bridgehead atoms. The first-order valence-corrected chi connectivity index (χ1v) is 9.24. The summed E-state index contributed by atoms with van der Waals surface area (Å²) in [4.78, 5) is 0. The molecule has 0 radical (unpaired) electrons. The van der Waals surface area contributed by atoms with Crippen LogP contribution in [0.4, 0.5) is 0 Å². The van der Waals surface area contributed by atoms with E-state index in [-0.39, 0.29) is 11.3 Å². The second-order valence-corrected chi connectivity index (χ2v) is 7.75. The third kappa shape index (κ3) is 6.74. The Labute approximate surface area is 114 Å². The lowest BCUT2D eigenvalue weighted by Crippen LogP contribution is -2.43. The van der Waals surface area contributed by atoms with E-state index in [4.69, 9.17) is 0 Å². The summed E-state index contributed by atoms with van der Waals surface area (Å²) in [7, 11) is -2.96. The lowest BCUT2D eigenvalue weighted by Gasteiger charge is -2.27. The Balaban J connectivity index is 4.58. The molecule has 0 aliphatic heterocycles. The van der Waals surface area contributed by atoms with Gasteiger partial charge in [-0.05, 0) is 25.8 Å². The van der Waals surface area contributed by atoms with E-state index in [9.17, 15) is 8.42 Å². The summed E-state index contributed by atoms with van der Waals surface area (Å²) in [6, 6.07) is 0.0896. The average Bonchev–Trinajstić information content (AvgIpc) is 2.31. The van der Waals surface area contributed by atoms with Crippen molar-refractivity contribution in [3.8, 4) is 0 Å². The second-order valence-electron chi connectivity index (χ2n) is 5.35. The van der Waals surface area contributed by atoms with Gasteiger partial charge < -0.3 is 5.32 Å². The van der Waals surface area contributed by atoms with Crippen LogP contribution in [0.15, 0.2) is 0 Å². The van der Waals surface area contributed by atoms with Gasteiger partial charge >= 0.3 is 0 Å². The molecule has 0 heterocycles. The molecular formula is C14H31NO2S. The van der Waals surface area contributed by atoms with Gasteiger partial charge in [-0.25, -0.2) is 8.42 Å². The van der Waals surface area contributed by atoms with Crippen molar-refractivity contribution in [2.24, 2.45) is 5.92 Å². The predicted octanol–water partition coefficient (Wildman–Crippen LogP) is 3.00. The van der Waals surface area contributed by atoms with E-state index in [1.165, 1.54) is 25.5 Å². The van der Waals surface area contributed by atoms with Gasteiger partial charge in [0.05, 0.1) is 5.25 Å². The molecule has 0 saturated heterocycles. The SMILES string of the molecule is CCCCC(CC)CC(NCC)C(C)S(C)(=O)=O. The summed E-state index contributed by atoms with van der Waals surface area (Å²) >= 11 is 0. The van der Waals surface area contributed by atoms with Crippen molar-refractivity contribution < 1.29 is 8.42 Å². The summed E-state index contributed by atoms with van der Waals surface area (Å²) in [6.45, 7) is 9.10. The standard InChI is InChI=1S/C14H31NO2S/c1-6-9-10-13(7-2)11-14(15-8-3)12(4)18(5,16)17/h12-15H,6-11H2,1-5H3. The summed E-state index contributed by atoms with van der Waals surface area (Å²) in [5.41, 5.74) is 0. The van der Waals surface area contributed by atoms with Gasteiger partial charge in [-0.1, -0.05) is 46.5 Å². The van der Waals surface area contributed by atoms with Crippen LogP contribution in [-0.4, -0.2) is 32.5 Å². The molecular weight excluding hydrogens is 246 g/mol. The van der Waals surface area contributed by atoms with E-state index < -0.39 is 9.84 Å². The van der Waals surface area contributed by atoms with Crippen LogP contribution in [0.5, 0.6) is 0 Å². The van der Waals surface area contributed by atoms with Gasteiger partial charge in [-0.2, -0.15) is 0 Å². The van der Waals surface area contributed by atoms with E-state index in [2.05, 4.69) is 19.2 Å². The van der Waals surface area contributed by atoms with Crippen LogP contribution in [0.3, 0.4) is 0 Å². The average molecular weight is 277 g/mol. The van der Waals surface area contributed by atoms with Crippen molar-refractivity contribution in [1.82, 2.24) is 5.32 Å². The van der Waals surface area contributed by atoms with Crippen molar-refractivity contribution in [3.05, 3.63) is 0 Å². The predicted molar refractivity (Wildman–Crippen MR) is 79.7 cm³/mol. The molecule has 0 aromatic carbocycles. The molecule has 0 saturated carbocycles. The highest BCUT2D eigenvalue weighted by Crippen LogP contribution is 2.21. The van der Waals surface area contributed by atoms with E-state index in [0.717, 1.165) is 19.4 Å². The largest absolute Gasteiger partial charge is 0.313 e. The van der Waals surface area contributed by atoms with Crippen LogP contribution in [-0.2, 0) is 9.84 Å². The van der Waals surface area contributed by atoms with Gasteiger partial charge in [0.15, 0.2) is 9.84 Å². The van der Waals surface area contributed by atoms with Crippen LogP contribution in [0.1, 0.15) is 59.8 Å². The van der Waals surface area contributed by atoms with Crippen molar-refractivity contribution in [2.75, 3.05) is 12.8 Å². The molecule has 0 rings (SSSR count). The van der Waals surface area contributed by atoms with Crippen LogP contribution < -0.4 is 5.32 Å². The van der Waals surface area contributed by atoms with Gasteiger partial charge in [-0.15, -0.1) is 0 Å². The molecule has 0 aromatic heterocycles. The zero-order valence-corrected chi connectivity index (χ0v) is 13.5. The molecule has 0 spiro atoms. The molecule has 1 N–H and O–H groups in total. The zero-order valence-electron chi connectivity index (χ0n) is 12.7. The maximum atomic E-state index is 11.7. The molecule has 0 fully saturated rings. The lowest BCUT2D eigenvalue weighted by molar-refractivity contribution is 0.346. The highest BCUT2D eigenvalue weighted by atomic mass is 32.2. The normalized spacial score (nSPS) is 17.4. The number of rotatable bonds is 10. The van der Waals surface area contributed by atoms with Gasteiger partial charge in [-0.3, -0.25) is 0 Å². The van der Waals surface area contributed by atoms with Crippen LogP contribution in [0, 0.1) is 5.92 Å². The fraction of sp³-hybridized carbons (Fsp3) is 1.00. The number of unbranched alkanes of at least 4 members (excludes halogenated alkanes) is 1. The molecule has 110 valence electrons. The van der Waals surface area contributed by atoms with Gasteiger partial charge in [0.1, 0.15) is 0 Å². The number of nitrogens with one attached hydrogen (secondary N) is 1. The number of hydrogen-bond acceptors (Lipinski definition) is 3. The fourth-order valence-electron chi connectivity index (χ4n) is 2.34. The third-order valence-corrected chi connectivity index (χ3v) is 5.52. The first kappa shape index (κ1) is 17.9. The molecule has 18 heavy (non-hydrogen) atoms. The Morgan fingerprint density at radius 2 is 1.78 bits per heavy atom. The van der Waals surface area contributed by atoms with Crippen molar-refractivity contribution in [1.29, 1.82) is 0 Å². The fourth-order valence-corrected chi connectivity index (χ4v) is 3.15. The summed E-state index contributed by atoms with van der Waals surface area (Å²) in [5.74, 6) is 0.637. The Morgan fingerprint density at radius 1 is 1.17 bits per heavy atom. The molecule has 4 heteroatoms. The highest BCUT2D eigenvalue weighted by molar-refractivity contribution is 7.91. The first-order valence-electron chi connectivity index (χ1n) is 7.28. The Morgan fingerprint density at radius 3 is 2.17 bits per heavy atom.